The van der Waals surface area contributed by atoms with Crippen LogP contribution in [-0.2, 0) is 4.74 Å². The number of carbonyl (C=O) groups is 1. The number of aliphatic imine (C=N–C) groups is 1. The van der Waals surface area contributed by atoms with Crippen LogP contribution in [0.4, 0.5) is 9.93 Å². The normalized spacial score (nSPS) is 14.1. The van der Waals surface area contributed by atoms with E-state index in [0.717, 1.165) is 23.5 Å². The molecule has 8 heteroatoms. The molecule has 1 aromatic heterocycles. The molecule has 0 aliphatic carbocycles. The largest absolute Gasteiger partial charge is 0.438 e. The second-order valence-corrected chi connectivity index (χ2v) is 5.52. The number of nitrogens with zero attached hydrogens (tertiary/aromatic N) is 4. The molecule has 19 heavy (non-hydrogen) atoms. The molecular weight excluding hydrogens is 284 g/mol. The van der Waals surface area contributed by atoms with E-state index in [2.05, 4.69) is 21.3 Å². The number of hydrogen-bond donors (Lipinski definition) is 0. The Kier molecular flexibility index (Phi) is 4.92. The van der Waals surface area contributed by atoms with Gasteiger partial charge in [-0.3, -0.25) is 9.89 Å². The van der Waals surface area contributed by atoms with Gasteiger partial charge in [-0.15, -0.1) is 22.0 Å². The lowest BCUT2D eigenvalue weighted by atomic mass is 10.2. The number of thioether (sulfide) groups is 1. The number of anilines is 1. The maximum atomic E-state index is 11.7. The molecule has 0 saturated carbocycles. The van der Waals surface area contributed by atoms with E-state index in [9.17, 15) is 4.79 Å². The molecule has 0 fully saturated rings. The predicted octanol–water partition coefficient (Wildman–Crippen LogP) is 2.29. The van der Waals surface area contributed by atoms with E-state index in [1.165, 1.54) is 28.0 Å². The first-order valence-corrected chi connectivity index (χ1v) is 7.86. The molecule has 0 spiro atoms. The van der Waals surface area contributed by atoms with Crippen LogP contribution in [0.15, 0.2) is 11.1 Å². The molecule has 1 aliphatic rings. The summed E-state index contributed by atoms with van der Waals surface area (Å²) >= 11 is 2.79. The van der Waals surface area contributed by atoms with Gasteiger partial charge >= 0.3 is 6.09 Å². The summed E-state index contributed by atoms with van der Waals surface area (Å²) in [4.78, 5) is 17.2. The van der Waals surface area contributed by atoms with Crippen LogP contribution in [0.5, 0.6) is 0 Å². The molecule has 2 rings (SSSR count). The van der Waals surface area contributed by atoms with Crippen molar-refractivity contribution in [3.8, 4) is 0 Å². The number of aromatic nitrogens is 2. The second kappa shape index (κ2) is 6.67. The number of ether oxygens (including phenoxy) is 1. The molecule has 0 atom stereocenters. The Balaban J connectivity index is 2.06. The van der Waals surface area contributed by atoms with Gasteiger partial charge in [0.15, 0.2) is 5.01 Å². The predicted molar refractivity (Wildman–Crippen MR) is 79.1 cm³/mol. The summed E-state index contributed by atoms with van der Waals surface area (Å²) in [6, 6.07) is 0. The average Bonchev–Trinajstić information content (AvgIpc) is 2.94. The van der Waals surface area contributed by atoms with Crippen LogP contribution in [0, 0.1) is 0 Å². The number of amides is 1. The summed E-state index contributed by atoms with van der Waals surface area (Å²) in [6.45, 7) is 0.816. The maximum absolute atomic E-state index is 11.7. The van der Waals surface area contributed by atoms with Gasteiger partial charge in [-0.1, -0.05) is 17.4 Å². The van der Waals surface area contributed by atoms with Gasteiger partial charge in [0.25, 0.3) is 0 Å². The van der Waals surface area contributed by atoms with Crippen molar-refractivity contribution in [3.05, 3.63) is 11.1 Å². The van der Waals surface area contributed by atoms with Crippen LogP contribution >= 0.6 is 23.1 Å². The van der Waals surface area contributed by atoms with E-state index in [4.69, 9.17) is 4.74 Å². The first-order valence-electron chi connectivity index (χ1n) is 5.65. The summed E-state index contributed by atoms with van der Waals surface area (Å²) < 4.78 is 5.01. The summed E-state index contributed by atoms with van der Waals surface area (Å²) in [6.07, 6.45) is 6.21. The van der Waals surface area contributed by atoms with Gasteiger partial charge in [-0.2, -0.15) is 0 Å². The molecule has 0 bridgehead atoms. The van der Waals surface area contributed by atoms with E-state index >= 15 is 0 Å². The molecule has 6 nitrogen and oxygen atoms in total. The molecule has 1 aromatic rings. The van der Waals surface area contributed by atoms with Crippen molar-refractivity contribution in [2.75, 3.05) is 30.7 Å². The van der Waals surface area contributed by atoms with Crippen LogP contribution in [0.2, 0.25) is 0 Å². The Labute approximate surface area is 119 Å². The third-order valence-corrected chi connectivity index (χ3v) is 3.78. The highest BCUT2D eigenvalue weighted by molar-refractivity contribution is 7.98. The molecule has 0 unspecified atom stereocenters. The SMILES string of the molecule is CSCOC(=O)N(C)c1nnc(C2=CCCN=C2)s1. The minimum absolute atomic E-state index is 0.326. The molecule has 0 N–H and O–H groups in total. The van der Waals surface area contributed by atoms with Crippen LogP contribution in [-0.4, -0.2) is 48.3 Å². The van der Waals surface area contributed by atoms with Gasteiger partial charge in [0.2, 0.25) is 5.13 Å². The number of dihydropyridines is 1. The highest BCUT2D eigenvalue weighted by atomic mass is 32.2. The first kappa shape index (κ1) is 14.0. The third-order valence-electron chi connectivity index (χ3n) is 2.38. The Morgan fingerprint density at radius 3 is 3.11 bits per heavy atom. The zero-order valence-electron chi connectivity index (χ0n) is 10.7. The van der Waals surface area contributed by atoms with Gasteiger partial charge in [0.1, 0.15) is 5.94 Å². The van der Waals surface area contributed by atoms with Crippen molar-refractivity contribution in [2.24, 2.45) is 4.99 Å². The number of allylic oxidation sites excluding steroid dienone is 1. The summed E-state index contributed by atoms with van der Waals surface area (Å²) in [5.41, 5.74) is 0.959. The number of carbonyl (C=O) groups excluding carboxylic acids is 1. The lowest BCUT2D eigenvalue weighted by Gasteiger charge is -2.12. The summed E-state index contributed by atoms with van der Waals surface area (Å²) in [5.74, 6) is 0.326. The second-order valence-electron chi connectivity index (χ2n) is 3.75. The Hall–Kier alpha value is -1.41. The van der Waals surface area contributed by atoms with Crippen molar-refractivity contribution in [1.82, 2.24) is 10.2 Å². The minimum Gasteiger partial charge on any atom is -0.438 e. The summed E-state index contributed by atoms with van der Waals surface area (Å²) in [5, 5.41) is 9.36. The van der Waals surface area contributed by atoms with Crippen molar-refractivity contribution < 1.29 is 9.53 Å². The van der Waals surface area contributed by atoms with E-state index in [1.54, 1.807) is 13.3 Å². The number of hydrogen-bond acceptors (Lipinski definition) is 7. The quantitative estimate of drug-likeness (QED) is 0.798. The van der Waals surface area contributed by atoms with E-state index in [-0.39, 0.29) is 0 Å². The lowest BCUT2D eigenvalue weighted by Crippen LogP contribution is -2.26. The molecule has 2 heterocycles. The Bertz CT molecular complexity index is 513. The van der Waals surface area contributed by atoms with E-state index in [0.29, 0.717) is 11.1 Å². The fourth-order valence-corrected chi connectivity index (χ4v) is 2.42. The van der Waals surface area contributed by atoms with E-state index < -0.39 is 6.09 Å². The summed E-state index contributed by atoms with van der Waals surface area (Å²) in [7, 11) is 1.62. The minimum atomic E-state index is -0.427. The van der Waals surface area contributed by atoms with Crippen LogP contribution in [0.1, 0.15) is 11.4 Å². The Morgan fingerprint density at radius 1 is 1.58 bits per heavy atom. The molecule has 102 valence electrons. The standard InChI is InChI=1S/C11H14N4O2S2/c1-15(11(16)17-7-18-2)10-14-13-9(19-10)8-4-3-5-12-6-8/h4,6H,3,5,7H2,1-2H3. The van der Waals surface area contributed by atoms with Crippen molar-refractivity contribution in [1.29, 1.82) is 0 Å². The van der Waals surface area contributed by atoms with Crippen molar-refractivity contribution in [3.63, 3.8) is 0 Å². The highest BCUT2D eigenvalue weighted by Gasteiger charge is 2.18. The van der Waals surface area contributed by atoms with Crippen molar-refractivity contribution >= 4 is 46.1 Å². The maximum Gasteiger partial charge on any atom is 0.416 e. The zero-order chi connectivity index (χ0) is 13.7. The zero-order valence-corrected chi connectivity index (χ0v) is 12.3. The van der Waals surface area contributed by atoms with Crippen LogP contribution in [0.3, 0.4) is 0 Å². The molecular formula is C11H14N4O2S2. The lowest BCUT2D eigenvalue weighted by molar-refractivity contribution is 0.175. The van der Waals surface area contributed by atoms with Gasteiger partial charge in [-0.25, -0.2) is 4.79 Å². The first-order chi connectivity index (χ1) is 9.22. The molecule has 1 aliphatic heterocycles. The molecule has 0 aromatic carbocycles. The van der Waals surface area contributed by atoms with Gasteiger partial charge < -0.3 is 4.74 Å². The monoisotopic (exact) mass is 298 g/mol. The highest BCUT2D eigenvalue weighted by Crippen LogP contribution is 2.25. The van der Waals surface area contributed by atoms with E-state index in [1.807, 2.05) is 6.26 Å². The van der Waals surface area contributed by atoms with Gasteiger partial charge in [-0.05, 0) is 12.7 Å². The fourth-order valence-electron chi connectivity index (χ4n) is 1.40. The molecule has 0 radical (unpaired) electrons. The van der Waals surface area contributed by atoms with Gasteiger partial charge in [0.05, 0.1) is 0 Å². The van der Waals surface area contributed by atoms with Crippen LogP contribution in [0.25, 0.3) is 5.57 Å². The van der Waals surface area contributed by atoms with Crippen LogP contribution < -0.4 is 4.90 Å². The topological polar surface area (TPSA) is 67.7 Å². The van der Waals surface area contributed by atoms with Gasteiger partial charge in [0, 0.05) is 25.4 Å². The third kappa shape index (κ3) is 3.54. The molecule has 0 saturated heterocycles. The fraction of sp³-hybridized carbons (Fsp3) is 0.455. The Morgan fingerprint density at radius 2 is 2.42 bits per heavy atom. The average molecular weight is 298 g/mol. The molecule has 1 amide bonds. The smallest absolute Gasteiger partial charge is 0.416 e. The van der Waals surface area contributed by atoms with Crippen molar-refractivity contribution in [2.45, 2.75) is 6.42 Å². The number of rotatable bonds is 4.